The molecule has 0 aliphatic carbocycles. The first-order valence-electron chi connectivity index (χ1n) is 10.3. The third-order valence-electron chi connectivity index (χ3n) is 6.01. The van der Waals surface area contributed by atoms with Gasteiger partial charge in [0.15, 0.2) is 10.7 Å². The van der Waals surface area contributed by atoms with Gasteiger partial charge < -0.3 is 0 Å². The Hall–Kier alpha value is -3.61. The van der Waals surface area contributed by atoms with Gasteiger partial charge in [-0.25, -0.2) is 17.9 Å². The molecule has 0 bridgehead atoms. The van der Waals surface area contributed by atoms with E-state index in [2.05, 4.69) is 21.1 Å². The van der Waals surface area contributed by atoms with E-state index in [-0.39, 0.29) is 18.1 Å². The fourth-order valence-electron chi connectivity index (χ4n) is 4.16. The van der Waals surface area contributed by atoms with Crippen LogP contribution in [0.25, 0.3) is 16.9 Å². The SMILES string of the molecule is N#CC1(c2ccccc2)CCN(S(=O)(=O)c2cnc3ccc(-c4cccnc4)nn23)CC1. The molecule has 0 spiro atoms. The first-order chi connectivity index (χ1) is 15.5. The third-order valence-corrected chi connectivity index (χ3v) is 7.86. The predicted octanol–water partition coefficient (Wildman–Crippen LogP) is 3.04. The first-order valence-corrected chi connectivity index (χ1v) is 11.7. The molecule has 1 saturated heterocycles. The highest BCUT2D eigenvalue weighted by Crippen LogP contribution is 2.36. The Labute approximate surface area is 185 Å². The maximum Gasteiger partial charge on any atom is 0.262 e. The standard InChI is InChI=1S/C23H20N6O2S/c24-17-23(19-6-2-1-3-7-19)10-13-28(14-11-23)32(30,31)22-16-26-21-9-8-20(27-29(21)22)18-5-4-12-25-15-18/h1-9,12,15-16H,10-11,13-14H2. The summed E-state index contributed by atoms with van der Waals surface area (Å²) in [7, 11) is -3.84. The van der Waals surface area contributed by atoms with E-state index in [1.165, 1.54) is 15.0 Å². The average Bonchev–Trinajstić information content (AvgIpc) is 3.29. The zero-order chi connectivity index (χ0) is 22.2. The molecule has 0 radical (unpaired) electrons. The van der Waals surface area contributed by atoms with E-state index in [0.717, 1.165) is 11.1 Å². The summed E-state index contributed by atoms with van der Waals surface area (Å²) in [5, 5.41) is 14.4. The lowest BCUT2D eigenvalue weighted by molar-refractivity contribution is 0.276. The Bertz CT molecular complexity index is 1400. The van der Waals surface area contributed by atoms with Crippen molar-refractivity contribution in [3.8, 4) is 17.3 Å². The van der Waals surface area contributed by atoms with E-state index in [9.17, 15) is 13.7 Å². The van der Waals surface area contributed by atoms with Crippen LogP contribution in [0.15, 0.2) is 78.2 Å². The van der Waals surface area contributed by atoms with Crippen molar-refractivity contribution in [3.05, 3.63) is 78.8 Å². The van der Waals surface area contributed by atoms with E-state index >= 15 is 0 Å². The third kappa shape index (κ3) is 3.34. The van der Waals surface area contributed by atoms with Gasteiger partial charge in [-0.3, -0.25) is 4.98 Å². The number of rotatable bonds is 4. The van der Waals surface area contributed by atoms with Crippen LogP contribution in [0.4, 0.5) is 0 Å². The maximum absolute atomic E-state index is 13.5. The average molecular weight is 445 g/mol. The monoisotopic (exact) mass is 444 g/mol. The maximum atomic E-state index is 13.5. The van der Waals surface area contributed by atoms with Gasteiger partial charge in [0.05, 0.1) is 23.4 Å². The molecule has 1 aliphatic heterocycles. The first kappa shape index (κ1) is 20.3. The Morgan fingerprint density at radius 2 is 1.75 bits per heavy atom. The van der Waals surface area contributed by atoms with Crippen molar-refractivity contribution in [2.24, 2.45) is 0 Å². The number of hydrogen-bond donors (Lipinski definition) is 0. The van der Waals surface area contributed by atoms with Crippen LogP contribution >= 0.6 is 0 Å². The van der Waals surface area contributed by atoms with Crippen LogP contribution in [0.3, 0.4) is 0 Å². The number of hydrogen-bond acceptors (Lipinski definition) is 6. The molecular weight excluding hydrogens is 424 g/mol. The van der Waals surface area contributed by atoms with Crippen molar-refractivity contribution < 1.29 is 8.42 Å². The normalized spacial score (nSPS) is 16.6. The van der Waals surface area contributed by atoms with Gasteiger partial charge in [-0.05, 0) is 42.7 Å². The molecule has 1 fully saturated rings. The van der Waals surface area contributed by atoms with Crippen LogP contribution < -0.4 is 0 Å². The molecule has 32 heavy (non-hydrogen) atoms. The summed E-state index contributed by atoms with van der Waals surface area (Å²) in [5.41, 5.74) is 2.08. The highest BCUT2D eigenvalue weighted by Gasteiger charge is 2.41. The largest absolute Gasteiger partial charge is 0.264 e. The Morgan fingerprint density at radius 1 is 0.969 bits per heavy atom. The number of piperidine rings is 1. The molecule has 3 aromatic heterocycles. The number of pyridine rings is 1. The van der Waals surface area contributed by atoms with E-state index in [1.807, 2.05) is 36.4 Å². The molecule has 5 rings (SSSR count). The Kier molecular flexibility index (Phi) is 4.96. The van der Waals surface area contributed by atoms with Crippen molar-refractivity contribution >= 4 is 15.7 Å². The molecule has 0 unspecified atom stereocenters. The molecule has 1 aliphatic rings. The smallest absolute Gasteiger partial charge is 0.262 e. The minimum Gasteiger partial charge on any atom is -0.264 e. The Balaban J connectivity index is 1.46. The molecule has 0 saturated carbocycles. The topological polar surface area (TPSA) is 104 Å². The lowest BCUT2D eigenvalue weighted by Crippen LogP contribution is -2.44. The van der Waals surface area contributed by atoms with Crippen molar-refractivity contribution in [1.29, 1.82) is 5.26 Å². The molecule has 0 atom stereocenters. The van der Waals surface area contributed by atoms with Crippen LogP contribution in [-0.4, -0.2) is 45.4 Å². The van der Waals surface area contributed by atoms with Gasteiger partial charge in [-0.2, -0.15) is 14.7 Å². The minimum atomic E-state index is -3.84. The van der Waals surface area contributed by atoms with E-state index < -0.39 is 15.4 Å². The number of aromatic nitrogens is 4. The van der Waals surface area contributed by atoms with Gasteiger partial charge in [0.1, 0.15) is 0 Å². The van der Waals surface area contributed by atoms with Crippen molar-refractivity contribution in [2.45, 2.75) is 23.3 Å². The van der Waals surface area contributed by atoms with Crippen LogP contribution in [0.5, 0.6) is 0 Å². The summed E-state index contributed by atoms with van der Waals surface area (Å²) < 4.78 is 29.7. The van der Waals surface area contributed by atoms with Gasteiger partial charge in [0.2, 0.25) is 0 Å². The second kappa shape index (κ2) is 7.82. The predicted molar refractivity (Wildman–Crippen MR) is 118 cm³/mol. The van der Waals surface area contributed by atoms with E-state index in [0.29, 0.717) is 24.2 Å². The van der Waals surface area contributed by atoms with Gasteiger partial charge in [0.25, 0.3) is 10.0 Å². The minimum absolute atomic E-state index is 0.0161. The molecule has 4 aromatic rings. The summed E-state index contributed by atoms with van der Waals surface area (Å²) >= 11 is 0. The van der Waals surface area contributed by atoms with Crippen LogP contribution in [0.2, 0.25) is 0 Å². The molecule has 4 heterocycles. The quantitative estimate of drug-likeness (QED) is 0.479. The lowest BCUT2D eigenvalue weighted by Gasteiger charge is -2.36. The van der Waals surface area contributed by atoms with Crippen molar-refractivity contribution in [1.82, 2.24) is 23.9 Å². The van der Waals surface area contributed by atoms with Gasteiger partial charge in [-0.15, -0.1) is 0 Å². The van der Waals surface area contributed by atoms with Crippen LogP contribution in [-0.2, 0) is 15.4 Å². The summed E-state index contributed by atoms with van der Waals surface area (Å²) in [6.45, 7) is 0.501. The molecule has 1 aromatic carbocycles. The highest BCUT2D eigenvalue weighted by atomic mass is 32.2. The summed E-state index contributed by atoms with van der Waals surface area (Å²) in [6.07, 6.45) is 5.54. The van der Waals surface area contributed by atoms with Crippen LogP contribution in [0.1, 0.15) is 18.4 Å². The van der Waals surface area contributed by atoms with Gasteiger partial charge in [0, 0.05) is 31.0 Å². The van der Waals surface area contributed by atoms with Crippen LogP contribution in [0, 0.1) is 11.3 Å². The number of fused-ring (bicyclic) bond motifs is 1. The molecule has 0 N–H and O–H groups in total. The zero-order valence-corrected chi connectivity index (χ0v) is 18.0. The summed E-state index contributed by atoms with van der Waals surface area (Å²) in [6, 6.07) is 19.2. The van der Waals surface area contributed by atoms with E-state index in [1.54, 1.807) is 30.6 Å². The second-order valence-electron chi connectivity index (χ2n) is 7.79. The Morgan fingerprint density at radius 3 is 2.44 bits per heavy atom. The number of nitriles is 1. The zero-order valence-electron chi connectivity index (χ0n) is 17.2. The number of sulfonamides is 1. The molecular formula is C23H20N6O2S. The van der Waals surface area contributed by atoms with Crippen molar-refractivity contribution in [3.63, 3.8) is 0 Å². The van der Waals surface area contributed by atoms with Crippen molar-refractivity contribution in [2.75, 3.05) is 13.1 Å². The molecule has 8 nitrogen and oxygen atoms in total. The molecule has 9 heteroatoms. The van der Waals surface area contributed by atoms with Gasteiger partial charge >= 0.3 is 0 Å². The molecule has 160 valence electrons. The number of imidazole rings is 1. The lowest BCUT2D eigenvalue weighted by atomic mass is 9.74. The second-order valence-corrected chi connectivity index (χ2v) is 9.68. The fraction of sp³-hybridized carbons (Fsp3) is 0.217. The highest BCUT2D eigenvalue weighted by molar-refractivity contribution is 7.89. The van der Waals surface area contributed by atoms with Gasteiger partial charge in [-0.1, -0.05) is 30.3 Å². The summed E-state index contributed by atoms with van der Waals surface area (Å²) in [5.74, 6) is 0. The molecule has 0 amide bonds. The summed E-state index contributed by atoms with van der Waals surface area (Å²) in [4.78, 5) is 8.34. The van der Waals surface area contributed by atoms with E-state index in [4.69, 9.17) is 0 Å². The number of nitrogens with zero attached hydrogens (tertiary/aromatic N) is 6. The number of benzene rings is 1. The fourth-order valence-corrected chi connectivity index (χ4v) is 5.63.